The van der Waals surface area contributed by atoms with Crippen molar-refractivity contribution in [1.82, 2.24) is 9.63 Å². The van der Waals surface area contributed by atoms with Crippen LogP contribution in [0.3, 0.4) is 0 Å². The van der Waals surface area contributed by atoms with Gasteiger partial charge >= 0.3 is 0 Å². The van der Waals surface area contributed by atoms with E-state index in [4.69, 9.17) is 4.84 Å². The summed E-state index contributed by atoms with van der Waals surface area (Å²) in [6, 6.07) is 8.95. The molecule has 0 aliphatic carbocycles. The van der Waals surface area contributed by atoms with Crippen molar-refractivity contribution in [3.05, 3.63) is 46.4 Å². The fraction of sp³-hybridized carbons (Fsp3) is 0.286. The summed E-state index contributed by atoms with van der Waals surface area (Å²) in [5.41, 5.74) is 0.170. The van der Waals surface area contributed by atoms with Gasteiger partial charge in [0, 0.05) is 19.0 Å². The Labute approximate surface area is 111 Å². The molecule has 0 aliphatic heterocycles. The van der Waals surface area contributed by atoms with Gasteiger partial charge in [-0.05, 0) is 24.4 Å². The molecule has 0 unspecified atom stereocenters. The molecule has 1 amide bonds. The molecular formula is C14H16N2O3. The van der Waals surface area contributed by atoms with E-state index >= 15 is 0 Å². The topological polar surface area (TPSA) is 51.5 Å². The zero-order chi connectivity index (χ0) is 14.0. The highest BCUT2D eigenvalue weighted by Gasteiger charge is 2.17. The Balaban J connectivity index is 2.73. The highest BCUT2D eigenvalue weighted by molar-refractivity contribution is 5.96. The Bertz CT molecular complexity index is 676. The van der Waals surface area contributed by atoms with Crippen LogP contribution >= 0.6 is 0 Å². The van der Waals surface area contributed by atoms with Crippen LogP contribution in [0.5, 0.6) is 0 Å². The Morgan fingerprint density at radius 2 is 2.05 bits per heavy atom. The molecule has 1 aromatic heterocycles. The molecule has 0 saturated heterocycles. The number of fused-ring (bicyclic) bond motifs is 1. The summed E-state index contributed by atoms with van der Waals surface area (Å²) in [5.74, 6) is -0.341. The fourth-order valence-corrected chi connectivity index (χ4v) is 2.03. The molecule has 0 fully saturated rings. The summed E-state index contributed by atoms with van der Waals surface area (Å²) in [6.45, 7) is 2.27. The maximum Gasteiger partial charge on any atom is 0.293 e. The number of pyridine rings is 1. The van der Waals surface area contributed by atoms with Crippen molar-refractivity contribution >= 4 is 16.7 Å². The van der Waals surface area contributed by atoms with Crippen LogP contribution in [0.2, 0.25) is 0 Å². The molecular weight excluding hydrogens is 244 g/mol. The largest absolute Gasteiger partial charge is 0.304 e. The predicted octanol–water partition coefficient (Wildman–Crippen LogP) is 1.65. The van der Waals surface area contributed by atoms with Gasteiger partial charge in [0.2, 0.25) is 0 Å². The lowest BCUT2D eigenvalue weighted by atomic mass is 10.1. The van der Waals surface area contributed by atoms with Crippen LogP contribution in [0.25, 0.3) is 10.8 Å². The monoisotopic (exact) mass is 260 g/mol. The first kappa shape index (κ1) is 13.3. The fourth-order valence-electron chi connectivity index (χ4n) is 2.03. The number of rotatable bonds is 3. The summed E-state index contributed by atoms with van der Waals surface area (Å²) >= 11 is 0. The van der Waals surface area contributed by atoms with E-state index in [1.54, 1.807) is 12.1 Å². The van der Waals surface area contributed by atoms with Crippen molar-refractivity contribution in [2.24, 2.45) is 0 Å². The SMILES string of the molecule is CCn1c(C(=O)N(C)OC)cc2ccccc2c1=O. The average Bonchev–Trinajstić information content (AvgIpc) is 2.45. The maximum atomic E-state index is 12.3. The zero-order valence-electron chi connectivity index (χ0n) is 11.2. The molecule has 0 atom stereocenters. The molecule has 0 saturated carbocycles. The van der Waals surface area contributed by atoms with Gasteiger partial charge in [0.1, 0.15) is 5.69 Å². The second kappa shape index (κ2) is 5.24. The van der Waals surface area contributed by atoms with Gasteiger partial charge in [-0.25, -0.2) is 5.06 Å². The number of hydroxylamine groups is 2. The summed E-state index contributed by atoms with van der Waals surface area (Å²) in [6.07, 6.45) is 0. The first-order valence-electron chi connectivity index (χ1n) is 6.05. The van der Waals surface area contributed by atoms with Gasteiger partial charge in [-0.1, -0.05) is 18.2 Å². The molecule has 5 nitrogen and oxygen atoms in total. The van der Waals surface area contributed by atoms with Crippen molar-refractivity contribution < 1.29 is 9.63 Å². The van der Waals surface area contributed by atoms with E-state index in [-0.39, 0.29) is 11.5 Å². The second-order valence-corrected chi connectivity index (χ2v) is 4.15. The summed E-state index contributed by atoms with van der Waals surface area (Å²) < 4.78 is 1.46. The van der Waals surface area contributed by atoms with Crippen molar-refractivity contribution in [1.29, 1.82) is 0 Å². The van der Waals surface area contributed by atoms with Gasteiger partial charge in [0.25, 0.3) is 11.5 Å². The van der Waals surface area contributed by atoms with Gasteiger partial charge in [-0.15, -0.1) is 0 Å². The molecule has 5 heteroatoms. The highest BCUT2D eigenvalue weighted by atomic mass is 16.7. The van der Waals surface area contributed by atoms with Gasteiger partial charge in [-0.3, -0.25) is 14.4 Å². The van der Waals surface area contributed by atoms with E-state index in [1.165, 1.54) is 18.7 Å². The zero-order valence-corrected chi connectivity index (χ0v) is 11.2. The Kier molecular flexibility index (Phi) is 3.66. The van der Waals surface area contributed by atoms with Gasteiger partial charge in [0.05, 0.1) is 7.11 Å². The van der Waals surface area contributed by atoms with Gasteiger partial charge < -0.3 is 4.57 Å². The van der Waals surface area contributed by atoms with Crippen molar-refractivity contribution in [3.8, 4) is 0 Å². The minimum absolute atomic E-state index is 0.159. The maximum absolute atomic E-state index is 12.3. The number of hydrogen-bond donors (Lipinski definition) is 0. The van der Waals surface area contributed by atoms with Crippen LogP contribution in [-0.2, 0) is 11.4 Å². The van der Waals surface area contributed by atoms with Crippen molar-refractivity contribution in [2.75, 3.05) is 14.2 Å². The summed E-state index contributed by atoms with van der Waals surface area (Å²) in [7, 11) is 2.93. The van der Waals surface area contributed by atoms with Gasteiger partial charge in [-0.2, -0.15) is 0 Å². The molecule has 0 radical (unpaired) electrons. The first-order chi connectivity index (χ1) is 9.10. The third-order valence-corrected chi connectivity index (χ3v) is 3.11. The molecule has 2 rings (SSSR count). The smallest absolute Gasteiger partial charge is 0.293 e. The quantitative estimate of drug-likeness (QED) is 0.789. The summed E-state index contributed by atoms with van der Waals surface area (Å²) in [5, 5.41) is 2.47. The molecule has 1 aromatic carbocycles. The lowest BCUT2D eigenvalue weighted by Crippen LogP contribution is -2.33. The Morgan fingerprint density at radius 1 is 1.37 bits per heavy atom. The second-order valence-electron chi connectivity index (χ2n) is 4.15. The molecule has 0 N–H and O–H groups in total. The molecule has 0 bridgehead atoms. The Hall–Kier alpha value is -2.14. The van der Waals surface area contributed by atoms with Crippen LogP contribution in [0, 0.1) is 0 Å². The number of aromatic nitrogens is 1. The molecule has 0 aliphatic rings. The predicted molar refractivity (Wildman–Crippen MR) is 73.0 cm³/mol. The van der Waals surface area contributed by atoms with Crippen LogP contribution in [0.15, 0.2) is 35.1 Å². The molecule has 19 heavy (non-hydrogen) atoms. The Morgan fingerprint density at radius 3 is 2.68 bits per heavy atom. The molecule has 100 valence electrons. The summed E-state index contributed by atoms with van der Waals surface area (Å²) in [4.78, 5) is 29.4. The van der Waals surface area contributed by atoms with Crippen molar-refractivity contribution in [3.63, 3.8) is 0 Å². The van der Waals surface area contributed by atoms with E-state index in [9.17, 15) is 9.59 Å². The minimum atomic E-state index is -0.341. The van der Waals surface area contributed by atoms with E-state index in [0.717, 1.165) is 10.4 Å². The normalized spacial score (nSPS) is 10.7. The number of benzene rings is 1. The van der Waals surface area contributed by atoms with Crippen LogP contribution in [0.4, 0.5) is 0 Å². The lowest BCUT2D eigenvalue weighted by molar-refractivity contribution is -0.0763. The van der Waals surface area contributed by atoms with Crippen molar-refractivity contribution in [2.45, 2.75) is 13.5 Å². The van der Waals surface area contributed by atoms with Crippen LogP contribution in [-0.4, -0.2) is 29.7 Å². The number of nitrogens with zero attached hydrogens (tertiary/aromatic N) is 2. The van der Waals surface area contributed by atoms with Crippen LogP contribution < -0.4 is 5.56 Å². The minimum Gasteiger partial charge on any atom is -0.304 e. The van der Waals surface area contributed by atoms with Gasteiger partial charge in [0.15, 0.2) is 0 Å². The number of carbonyl (C=O) groups excluding carboxylic acids is 1. The molecule has 0 spiro atoms. The van der Waals surface area contributed by atoms with E-state index in [1.807, 2.05) is 25.1 Å². The highest BCUT2D eigenvalue weighted by Crippen LogP contribution is 2.13. The number of hydrogen-bond acceptors (Lipinski definition) is 3. The lowest BCUT2D eigenvalue weighted by Gasteiger charge is -2.17. The van der Waals surface area contributed by atoms with E-state index in [2.05, 4.69) is 0 Å². The van der Waals surface area contributed by atoms with Crippen LogP contribution in [0.1, 0.15) is 17.4 Å². The first-order valence-corrected chi connectivity index (χ1v) is 6.05. The molecule has 2 aromatic rings. The van der Waals surface area contributed by atoms with E-state index in [0.29, 0.717) is 17.6 Å². The molecule has 1 heterocycles. The van der Waals surface area contributed by atoms with E-state index < -0.39 is 0 Å². The third kappa shape index (κ3) is 2.24. The standard InChI is InChI=1S/C14H16N2O3/c1-4-16-12(14(18)15(2)19-3)9-10-7-5-6-8-11(10)13(16)17/h5-9H,4H2,1-3H3. The average molecular weight is 260 g/mol. The third-order valence-electron chi connectivity index (χ3n) is 3.11. The number of amides is 1. The number of carbonyl (C=O) groups is 1.